The molecule has 4 rings (SSSR count). The molecule has 3 aromatic rings. The molecule has 0 saturated carbocycles. The van der Waals surface area contributed by atoms with Gasteiger partial charge in [0, 0.05) is 10.2 Å². The van der Waals surface area contributed by atoms with E-state index < -0.39 is 5.60 Å². The van der Waals surface area contributed by atoms with Crippen LogP contribution in [0, 0.1) is 0 Å². The van der Waals surface area contributed by atoms with Crippen LogP contribution in [0.4, 0.5) is 10.5 Å². The van der Waals surface area contributed by atoms with Crippen molar-refractivity contribution in [3.63, 3.8) is 0 Å². The molecular weight excluding hydrogens is 404 g/mol. The Kier molecular flexibility index (Phi) is 4.89. The molecule has 0 spiro atoms. The van der Waals surface area contributed by atoms with E-state index in [1.54, 1.807) is 0 Å². The van der Waals surface area contributed by atoms with E-state index in [9.17, 15) is 9.90 Å². The summed E-state index contributed by atoms with van der Waals surface area (Å²) in [7, 11) is 0. The smallest absolute Gasteiger partial charge is 0.319 e. The Morgan fingerprint density at radius 2 is 1.85 bits per heavy atom. The summed E-state index contributed by atoms with van der Waals surface area (Å²) in [6.07, 6.45) is 2.53. The summed E-state index contributed by atoms with van der Waals surface area (Å²) in [6.45, 7) is 0.191. The summed E-state index contributed by atoms with van der Waals surface area (Å²) in [5.74, 6) is 0. The van der Waals surface area contributed by atoms with Crippen molar-refractivity contribution in [3.8, 4) is 0 Å². The van der Waals surface area contributed by atoms with E-state index in [1.807, 2.05) is 60.7 Å². The minimum absolute atomic E-state index is 0.191. The number of hydrogen-bond acceptors (Lipinski definition) is 2. The largest absolute Gasteiger partial charge is 0.383 e. The van der Waals surface area contributed by atoms with Crippen molar-refractivity contribution in [2.45, 2.75) is 24.9 Å². The molecule has 27 heavy (non-hydrogen) atoms. The van der Waals surface area contributed by atoms with Crippen LogP contribution in [0.1, 0.15) is 24.0 Å². The Hall–Kier alpha value is -2.37. The minimum atomic E-state index is -1.01. The first-order chi connectivity index (χ1) is 13.0. The van der Waals surface area contributed by atoms with Crippen molar-refractivity contribution in [1.82, 2.24) is 5.32 Å². The zero-order valence-corrected chi connectivity index (χ0v) is 16.4. The second kappa shape index (κ2) is 7.33. The summed E-state index contributed by atoms with van der Waals surface area (Å²) >= 11 is 3.46. The number of carbonyl (C=O) groups excluding carboxylic acids is 1. The maximum Gasteiger partial charge on any atom is 0.319 e. The Balaban J connectivity index is 1.44. The molecule has 1 atom stereocenters. The highest BCUT2D eigenvalue weighted by atomic mass is 79.9. The number of fused-ring (bicyclic) bond motifs is 2. The number of halogens is 1. The maximum absolute atomic E-state index is 12.4. The number of amides is 2. The van der Waals surface area contributed by atoms with Crippen molar-refractivity contribution >= 4 is 38.4 Å². The van der Waals surface area contributed by atoms with E-state index in [0.29, 0.717) is 6.42 Å². The van der Waals surface area contributed by atoms with Gasteiger partial charge in [-0.1, -0.05) is 52.3 Å². The van der Waals surface area contributed by atoms with Crippen molar-refractivity contribution < 1.29 is 9.90 Å². The number of anilines is 1. The third kappa shape index (κ3) is 3.84. The summed E-state index contributed by atoms with van der Waals surface area (Å²) in [6, 6.07) is 19.4. The molecule has 2 amide bonds. The van der Waals surface area contributed by atoms with Crippen LogP contribution in [0.25, 0.3) is 10.8 Å². The first-order valence-corrected chi connectivity index (χ1v) is 9.88. The third-order valence-corrected chi connectivity index (χ3v) is 5.65. The second-order valence-corrected chi connectivity index (χ2v) is 7.97. The van der Waals surface area contributed by atoms with Crippen molar-refractivity contribution in [3.05, 3.63) is 76.3 Å². The van der Waals surface area contributed by atoms with Gasteiger partial charge in [0.25, 0.3) is 0 Å². The predicted octanol–water partition coefficient (Wildman–Crippen LogP) is 4.95. The lowest BCUT2D eigenvalue weighted by Crippen LogP contribution is -2.44. The molecule has 138 valence electrons. The quantitative estimate of drug-likeness (QED) is 0.556. The molecule has 0 aliphatic heterocycles. The molecule has 0 aromatic heterocycles. The van der Waals surface area contributed by atoms with Crippen LogP contribution >= 0.6 is 15.9 Å². The average Bonchev–Trinajstić information content (AvgIpc) is 2.67. The fourth-order valence-corrected chi connectivity index (χ4v) is 4.16. The van der Waals surface area contributed by atoms with Crippen LogP contribution in [-0.4, -0.2) is 17.7 Å². The normalized spacial score (nSPS) is 18.7. The van der Waals surface area contributed by atoms with Crippen molar-refractivity contribution in [1.29, 1.82) is 0 Å². The molecule has 1 aliphatic carbocycles. The maximum atomic E-state index is 12.4. The molecule has 4 nitrogen and oxygen atoms in total. The summed E-state index contributed by atoms with van der Waals surface area (Å²) in [5, 5.41) is 18.9. The summed E-state index contributed by atoms with van der Waals surface area (Å²) in [4.78, 5) is 12.4. The lowest BCUT2D eigenvalue weighted by molar-refractivity contribution is 0.0221. The number of benzene rings is 3. The van der Waals surface area contributed by atoms with Crippen molar-refractivity contribution in [2.75, 3.05) is 11.9 Å². The minimum Gasteiger partial charge on any atom is -0.383 e. The zero-order valence-electron chi connectivity index (χ0n) is 14.8. The lowest BCUT2D eigenvalue weighted by atomic mass is 9.79. The lowest BCUT2D eigenvalue weighted by Gasteiger charge is -2.34. The fourth-order valence-electron chi connectivity index (χ4n) is 3.78. The van der Waals surface area contributed by atoms with Gasteiger partial charge in [-0.25, -0.2) is 4.79 Å². The van der Waals surface area contributed by atoms with Gasteiger partial charge in [-0.05, 0) is 65.4 Å². The van der Waals surface area contributed by atoms with E-state index in [0.717, 1.165) is 44.9 Å². The Morgan fingerprint density at radius 1 is 1.07 bits per heavy atom. The van der Waals surface area contributed by atoms with E-state index in [2.05, 4.69) is 26.6 Å². The Morgan fingerprint density at radius 3 is 2.74 bits per heavy atom. The monoisotopic (exact) mass is 424 g/mol. The zero-order chi connectivity index (χ0) is 18.9. The highest BCUT2D eigenvalue weighted by Gasteiger charge is 2.34. The fraction of sp³-hybridized carbons (Fsp3) is 0.227. The molecule has 0 heterocycles. The molecule has 3 N–H and O–H groups in total. The van der Waals surface area contributed by atoms with Gasteiger partial charge in [0.15, 0.2) is 0 Å². The van der Waals surface area contributed by atoms with Crippen LogP contribution in [0.15, 0.2) is 65.1 Å². The van der Waals surface area contributed by atoms with Crippen LogP contribution in [0.3, 0.4) is 0 Å². The molecular formula is C22H21BrN2O2. The average molecular weight is 425 g/mol. The molecule has 3 aromatic carbocycles. The SMILES string of the molecule is O=C(NCC1(O)CCCc2ccccc21)Nc1ccc2cc(Br)ccc2c1. The van der Waals surface area contributed by atoms with Gasteiger partial charge >= 0.3 is 6.03 Å². The van der Waals surface area contributed by atoms with Gasteiger partial charge in [0.2, 0.25) is 0 Å². The number of urea groups is 1. The predicted molar refractivity (Wildman–Crippen MR) is 112 cm³/mol. The highest BCUT2D eigenvalue weighted by molar-refractivity contribution is 9.10. The van der Waals surface area contributed by atoms with E-state index in [-0.39, 0.29) is 12.6 Å². The number of hydrogen-bond donors (Lipinski definition) is 3. The third-order valence-electron chi connectivity index (χ3n) is 5.16. The van der Waals surface area contributed by atoms with E-state index in [4.69, 9.17) is 0 Å². The Labute approximate surface area is 166 Å². The van der Waals surface area contributed by atoms with Gasteiger partial charge in [0.05, 0.1) is 6.54 Å². The molecule has 0 bridgehead atoms. The number of rotatable bonds is 3. The molecule has 0 radical (unpaired) electrons. The van der Waals surface area contributed by atoms with Gasteiger partial charge in [-0.2, -0.15) is 0 Å². The number of carbonyl (C=O) groups is 1. The van der Waals surface area contributed by atoms with Crippen molar-refractivity contribution in [2.24, 2.45) is 0 Å². The number of aryl methyl sites for hydroxylation is 1. The van der Waals surface area contributed by atoms with Crippen LogP contribution < -0.4 is 10.6 Å². The van der Waals surface area contributed by atoms with Crippen LogP contribution in [-0.2, 0) is 12.0 Å². The molecule has 1 aliphatic rings. The molecule has 1 unspecified atom stereocenters. The second-order valence-electron chi connectivity index (χ2n) is 7.06. The standard InChI is InChI=1S/C22H21BrN2O2/c23-18-9-7-17-13-19(10-8-16(17)12-18)25-21(26)24-14-22(27)11-3-5-15-4-1-2-6-20(15)22/h1-2,4,6-10,12-13,27H,3,5,11,14H2,(H2,24,25,26). The van der Waals surface area contributed by atoms with Gasteiger partial charge in [-0.3, -0.25) is 0 Å². The van der Waals surface area contributed by atoms with Gasteiger partial charge < -0.3 is 15.7 Å². The van der Waals surface area contributed by atoms with Crippen LogP contribution in [0.5, 0.6) is 0 Å². The van der Waals surface area contributed by atoms with Gasteiger partial charge in [-0.15, -0.1) is 0 Å². The van der Waals surface area contributed by atoms with Crippen LogP contribution in [0.2, 0.25) is 0 Å². The molecule has 0 fully saturated rings. The molecule has 0 saturated heterocycles. The first kappa shape index (κ1) is 18.0. The number of aliphatic hydroxyl groups is 1. The molecule has 5 heteroatoms. The van der Waals surface area contributed by atoms with E-state index in [1.165, 1.54) is 0 Å². The number of nitrogens with one attached hydrogen (secondary N) is 2. The van der Waals surface area contributed by atoms with E-state index >= 15 is 0 Å². The topological polar surface area (TPSA) is 61.4 Å². The van der Waals surface area contributed by atoms with Gasteiger partial charge in [0.1, 0.15) is 5.60 Å². The Bertz CT molecular complexity index is 1000. The highest BCUT2D eigenvalue weighted by Crippen LogP contribution is 2.34. The first-order valence-electron chi connectivity index (χ1n) is 9.08. The summed E-state index contributed by atoms with van der Waals surface area (Å²) < 4.78 is 1.02. The summed E-state index contributed by atoms with van der Waals surface area (Å²) in [5.41, 5.74) is 1.79.